The minimum atomic E-state index is -0.885. The molecule has 2 heterocycles. The van der Waals surface area contributed by atoms with Crippen molar-refractivity contribution in [3.63, 3.8) is 0 Å². The van der Waals surface area contributed by atoms with Crippen LogP contribution >= 0.6 is 11.3 Å². The standard InChI is InChI=1S/C17H13F2N3OS/c1-10-14(24-17(22-10)11-4-3-7-20-8-11)9-21-16(23)15-12(18)5-2-6-13(15)19/h2-8H,9H2,1H3,(H,21,23). The number of rotatable bonds is 4. The van der Waals surface area contributed by atoms with Gasteiger partial charge in [0, 0.05) is 22.8 Å². The number of nitrogens with zero attached hydrogens (tertiary/aromatic N) is 2. The number of pyridine rings is 1. The number of benzene rings is 1. The highest BCUT2D eigenvalue weighted by molar-refractivity contribution is 7.15. The van der Waals surface area contributed by atoms with Crippen LogP contribution in [0.1, 0.15) is 20.9 Å². The lowest BCUT2D eigenvalue weighted by Gasteiger charge is -2.06. The maximum Gasteiger partial charge on any atom is 0.257 e. The normalized spacial score (nSPS) is 10.6. The Morgan fingerprint density at radius 3 is 2.62 bits per heavy atom. The van der Waals surface area contributed by atoms with Crippen molar-refractivity contribution in [1.82, 2.24) is 15.3 Å². The van der Waals surface area contributed by atoms with Crippen LogP contribution in [0.15, 0.2) is 42.7 Å². The van der Waals surface area contributed by atoms with E-state index in [9.17, 15) is 13.6 Å². The van der Waals surface area contributed by atoms with E-state index in [1.54, 1.807) is 12.4 Å². The lowest BCUT2D eigenvalue weighted by atomic mass is 10.2. The highest BCUT2D eigenvalue weighted by atomic mass is 32.1. The Bertz CT molecular complexity index is 861. The van der Waals surface area contributed by atoms with Gasteiger partial charge in [0.25, 0.3) is 5.91 Å². The van der Waals surface area contributed by atoms with E-state index >= 15 is 0 Å². The number of thiazole rings is 1. The zero-order valence-corrected chi connectivity index (χ0v) is 13.5. The van der Waals surface area contributed by atoms with Gasteiger partial charge >= 0.3 is 0 Å². The topological polar surface area (TPSA) is 54.9 Å². The number of aryl methyl sites for hydroxylation is 1. The van der Waals surface area contributed by atoms with Crippen molar-refractivity contribution in [2.45, 2.75) is 13.5 Å². The van der Waals surface area contributed by atoms with Crippen LogP contribution in [0.2, 0.25) is 0 Å². The summed E-state index contributed by atoms with van der Waals surface area (Å²) in [5.74, 6) is -2.56. The van der Waals surface area contributed by atoms with Crippen LogP contribution in [0, 0.1) is 18.6 Å². The highest BCUT2D eigenvalue weighted by Gasteiger charge is 2.17. The number of carbonyl (C=O) groups excluding carboxylic acids is 1. The Balaban J connectivity index is 1.76. The molecule has 0 atom stereocenters. The van der Waals surface area contributed by atoms with E-state index in [4.69, 9.17) is 0 Å². The molecule has 2 aromatic heterocycles. The van der Waals surface area contributed by atoms with Crippen molar-refractivity contribution >= 4 is 17.2 Å². The van der Waals surface area contributed by atoms with E-state index in [1.807, 2.05) is 19.1 Å². The average Bonchev–Trinajstić information content (AvgIpc) is 2.94. The monoisotopic (exact) mass is 345 g/mol. The molecule has 1 amide bonds. The number of hydrogen-bond donors (Lipinski definition) is 1. The van der Waals surface area contributed by atoms with Gasteiger partial charge in [-0.1, -0.05) is 6.07 Å². The minimum absolute atomic E-state index is 0.149. The van der Waals surface area contributed by atoms with Gasteiger partial charge in [0.2, 0.25) is 0 Å². The molecule has 3 aromatic rings. The fourth-order valence-corrected chi connectivity index (χ4v) is 3.16. The minimum Gasteiger partial charge on any atom is -0.347 e. The summed E-state index contributed by atoms with van der Waals surface area (Å²) >= 11 is 1.40. The second-order valence-electron chi connectivity index (χ2n) is 5.05. The molecule has 1 N–H and O–H groups in total. The van der Waals surface area contributed by atoms with Gasteiger partial charge in [0.1, 0.15) is 22.2 Å². The van der Waals surface area contributed by atoms with Gasteiger partial charge in [-0.2, -0.15) is 0 Å². The largest absolute Gasteiger partial charge is 0.347 e. The van der Waals surface area contributed by atoms with Crippen molar-refractivity contribution in [1.29, 1.82) is 0 Å². The van der Waals surface area contributed by atoms with Crippen molar-refractivity contribution < 1.29 is 13.6 Å². The van der Waals surface area contributed by atoms with Gasteiger partial charge in [-0.3, -0.25) is 9.78 Å². The molecule has 0 fully saturated rings. The zero-order valence-electron chi connectivity index (χ0n) is 12.7. The van der Waals surface area contributed by atoms with Crippen molar-refractivity contribution in [2.24, 2.45) is 0 Å². The van der Waals surface area contributed by atoms with Crippen LogP contribution in [-0.2, 0) is 6.54 Å². The Morgan fingerprint density at radius 2 is 1.96 bits per heavy atom. The third kappa shape index (κ3) is 3.30. The van der Waals surface area contributed by atoms with Crippen LogP contribution in [0.4, 0.5) is 8.78 Å². The lowest BCUT2D eigenvalue weighted by Crippen LogP contribution is -2.25. The molecule has 0 aliphatic heterocycles. The first-order valence-corrected chi connectivity index (χ1v) is 7.97. The predicted molar refractivity (Wildman–Crippen MR) is 87.6 cm³/mol. The van der Waals surface area contributed by atoms with Crippen LogP contribution in [0.5, 0.6) is 0 Å². The number of carbonyl (C=O) groups is 1. The summed E-state index contributed by atoms with van der Waals surface area (Å²) in [6, 6.07) is 7.03. The molecule has 0 saturated carbocycles. The molecule has 4 nitrogen and oxygen atoms in total. The second kappa shape index (κ2) is 6.84. The maximum atomic E-state index is 13.6. The van der Waals surface area contributed by atoms with Gasteiger partial charge in [-0.25, -0.2) is 13.8 Å². The molecule has 3 rings (SSSR count). The molecule has 0 spiro atoms. The Kier molecular flexibility index (Phi) is 4.61. The van der Waals surface area contributed by atoms with Crippen LogP contribution in [0.3, 0.4) is 0 Å². The average molecular weight is 345 g/mol. The number of amides is 1. The number of nitrogens with one attached hydrogen (secondary N) is 1. The van der Waals surface area contributed by atoms with Crippen LogP contribution in [0.25, 0.3) is 10.6 Å². The molecular weight excluding hydrogens is 332 g/mol. The molecule has 7 heteroatoms. The van der Waals surface area contributed by atoms with E-state index in [-0.39, 0.29) is 6.54 Å². The summed E-state index contributed by atoms with van der Waals surface area (Å²) in [5.41, 5.74) is 1.06. The molecule has 0 aliphatic carbocycles. The van der Waals surface area contributed by atoms with Gasteiger partial charge in [0.15, 0.2) is 0 Å². The first-order valence-electron chi connectivity index (χ1n) is 7.15. The molecule has 24 heavy (non-hydrogen) atoms. The molecule has 0 bridgehead atoms. The highest BCUT2D eigenvalue weighted by Crippen LogP contribution is 2.27. The third-order valence-electron chi connectivity index (χ3n) is 3.40. The molecule has 0 unspecified atom stereocenters. The molecular formula is C17H13F2N3OS. The fraction of sp³-hybridized carbons (Fsp3) is 0.118. The molecule has 122 valence electrons. The number of aromatic nitrogens is 2. The van der Waals surface area contributed by atoms with E-state index in [2.05, 4.69) is 15.3 Å². The summed E-state index contributed by atoms with van der Waals surface area (Å²) < 4.78 is 27.2. The van der Waals surface area contributed by atoms with E-state index in [1.165, 1.54) is 17.4 Å². The first kappa shape index (κ1) is 16.2. The summed E-state index contributed by atoms with van der Waals surface area (Å²) in [6.45, 7) is 1.97. The van der Waals surface area contributed by atoms with E-state index < -0.39 is 23.1 Å². The predicted octanol–water partition coefficient (Wildman–Crippen LogP) is 3.72. The Labute approximate surface area is 141 Å². The van der Waals surface area contributed by atoms with E-state index in [0.717, 1.165) is 33.3 Å². The van der Waals surface area contributed by atoms with Crippen LogP contribution < -0.4 is 5.32 Å². The van der Waals surface area contributed by atoms with Gasteiger partial charge in [-0.05, 0) is 31.2 Å². The third-order valence-corrected chi connectivity index (χ3v) is 4.61. The quantitative estimate of drug-likeness (QED) is 0.784. The summed E-state index contributed by atoms with van der Waals surface area (Å²) in [4.78, 5) is 21.3. The summed E-state index contributed by atoms with van der Waals surface area (Å²) in [6.07, 6.45) is 3.38. The SMILES string of the molecule is Cc1nc(-c2cccnc2)sc1CNC(=O)c1c(F)cccc1F. The summed E-state index contributed by atoms with van der Waals surface area (Å²) in [5, 5.41) is 3.32. The lowest BCUT2D eigenvalue weighted by molar-refractivity contribution is 0.0943. The van der Waals surface area contributed by atoms with Crippen molar-refractivity contribution in [2.75, 3.05) is 0 Å². The van der Waals surface area contributed by atoms with Crippen LogP contribution in [-0.4, -0.2) is 15.9 Å². The Hall–Kier alpha value is -2.67. The van der Waals surface area contributed by atoms with Crippen molar-refractivity contribution in [3.8, 4) is 10.6 Å². The molecule has 1 aromatic carbocycles. The zero-order chi connectivity index (χ0) is 17.1. The summed E-state index contributed by atoms with van der Waals surface area (Å²) in [7, 11) is 0. The fourth-order valence-electron chi connectivity index (χ4n) is 2.17. The van der Waals surface area contributed by atoms with Crippen molar-refractivity contribution in [3.05, 3.63) is 70.5 Å². The van der Waals surface area contributed by atoms with Gasteiger partial charge in [-0.15, -0.1) is 11.3 Å². The second-order valence-corrected chi connectivity index (χ2v) is 6.13. The number of halogens is 2. The molecule has 0 saturated heterocycles. The molecule has 0 aliphatic rings. The maximum absolute atomic E-state index is 13.6. The number of hydrogen-bond acceptors (Lipinski definition) is 4. The smallest absolute Gasteiger partial charge is 0.257 e. The van der Waals surface area contributed by atoms with Gasteiger partial charge < -0.3 is 5.32 Å². The van der Waals surface area contributed by atoms with Gasteiger partial charge in [0.05, 0.1) is 12.2 Å². The molecule has 0 radical (unpaired) electrons. The van der Waals surface area contributed by atoms with E-state index in [0.29, 0.717) is 0 Å². The first-order chi connectivity index (χ1) is 11.6. The Morgan fingerprint density at radius 1 is 1.21 bits per heavy atom.